The van der Waals surface area contributed by atoms with Crippen LogP contribution >= 0.6 is 0 Å². The summed E-state index contributed by atoms with van der Waals surface area (Å²) in [6, 6.07) is 15.5. The van der Waals surface area contributed by atoms with Crippen molar-refractivity contribution in [1.82, 2.24) is 0 Å². The molecule has 2 aromatic carbocycles. The lowest BCUT2D eigenvalue weighted by molar-refractivity contribution is -0.291. The summed E-state index contributed by atoms with van der Waals surface area (Å²) in [7, 11) is 1.12. The Bertz CT molecular complexity index is 637. The normalized spacial score (nSPS) is 13.8. The van der Waals surface area contributed by atoms with Crippen LogP contribution in [0.2, 0.25) is 0 Å². The number of methoxy groups -OCH3 is 1. The predicted molar refractivity (Wildman–Crippen MR) is 77.2 cm³/mol. The quantitative estimate of drug-likeness (QED) is 0.646. The molecule has 0 amide bonds. The molecule has 0 aromatic heterocycles. The van der Waals surface area contributed by atoms with Gasteiger partial charge in [-0.05, 0) is 22.8 Å². The first-order valence-electron chi connectivity index (χ1n) is 6.87. The molecule has 124 valence electrons. The molecule has 0 saturated carbocycles. The molecule has 1 unspecified atom stereocenters. The third-order valence-corrected chi connectivity index (χ3v) is 3.51. The van der Waals surface area contributed by atoms with Crippen LogP contribution in [0.15, 0.2) is 54.6 Å². The van der Waals surface area contributed by atoms with E-state index in [2.05, 4.69) is 0 Å². The molecule has 0 aliphatic heterocycles. The number of benzene rings is 2. The summed E-state index contributed by atoms with van der Waals surface area (Å²) in [4.78, 5) is 0. The highest BCUT2D eigenvalue weighted by Crippen LogP contribution is 2.42. The van der Waals surface area contributed by atoms with Gasteiger partial charge in [-0.25, -0.2) is 0 Å². The van der Waals surface area contributed by atoms with Gasteiger partial charge in [0.05, 0.1) is 12.5 Å². The molecule has 0 aliphatic rings. The van der Waals surface area contributed by atoms with Crippen molar-refractivity contribution in [2.24, 2.45) is 0 Å². The van der Waals surface area contributed by atoms with E-state index < -0.39 is 24.6 Å². The van der Waals surface area contributed by atoms with Gasteiger partial charge in [-0.3, -0.25) is 0 Å². The number of hydrogen-bond donors (Lipinski definition) is 0. The van der Waals surface area contributed by atoms with E-state index in [9.17, 15) is 22.0 Å². The molecule has 0 spiro atoms. The van der Waals surface area contributed by atoms with Gasteiger partial charge in [0, 0.05) is 7.11 Å². The zero-order valence-electron chi connectivity index (χ0n) is 12.3. The maximum absolute atomic E-state index is 13.3. The van der Waals surface area contributed by atoms with E-state index in [1.807, 2.05) is 30.3 Å². The van der Waals surface area contributed by atoms with Crippen molar-refractivity contribution in [1.29, 1.82) is 0 Å². The lowest BCUT2D eigenvalue weighted by atomic mass is 9.97. The van der Waals surface area contributed by atoms with Crippen LogP contribution in [0.25, 0.3) is 11.1 Å². The first-order valence-corrected chi connectivity index (χ1v) is 6.87. The Morgan fingerprint density at radius 1 is 0.870 bits per heavy atom. The summed E-state index contributed by atoms with van der Waals surface area (Å²) in [6.45, 7) is 0. The Kier molecular flexibility index (Phi) is 5.04. The molecular weight excluding hydrogens is 315 g/mol. The fourth-order valence-electron chi connectivity index (χ4n) is 2.23. The lowest BCUT2D eigenvalue weighted by Crippen LogP contribution is -2.38. The monoisotopic (exact) mass is 330 g/mol. The minimum Gasteiger partial charge on any atom is -0.377 e. The second-order valence-corrected chi connectivity index (χ2v) is 5.12. The van der Waals surface area contributed by atoms with Crippen molar-refractivity contribution in [3.63, 3.8) is 0 Å². The second-order valence-electron chi connectivity index (χ2n) is 5.12. The summed E-state index contributed by atoms with van der Waals surface area (Å²) >= 11 is 0. The molecule has 0 heterocycles. The molecule has 0 N–H and O–H groups in total. The molecule has 0 radical (unpaired) electrons. The molecule has 0 aliphatic carbocycles. The van der Waals surface area contributed by atoms with Crippen LogP contribution in [0.4, 0.5) is 22.0 Å². The molecule has 6 heteroatoms. The van der Waals surface area contributed by atoms with Gasteiger partial charge in [-0.15, -0.1) is 0 Å². The van der Waals surface area contributed by atoms with Gasteiger partial charge in [0.2, 0.25) is 0 Å². The smallest absolute Gasteiger partial charge is 0.377 e. The van der Waals surface area contributed by atoms with Gasteiger partial charge in [0.1, 0.15) is 0 Å². The highest BCUT2D eigenvalue weighted by atomic mass is 19.4. The Balaban J connectivity index is 2.29. The topological polar surface area (TPSA) is 9.23 Å². The number of ether oxygens (including phenoxy) is 1. The largest absolute Gasteiger partial charge is 0.453 e. The van der Waals surface area contributed by atoms with Crippen LogP contribution in [-0.2, 0) is 4.74 Å². The second kappa shape index (κ2) is 6.66. The van der Waals surface area contributed by atoms with Crippen LogP contribution in [0.3, 0.4) is 0 Å². The van der Waals surface area contributed by atoms with Gasteiger partial charge in [-0.1, -0.05) is 48.5 Å². The van der Waals surface area contributed by atoms with E-state index >= 15 is 0 Å². The van der Waals surface area contributed by atoms with Crippen molar-refractivity contribution in [3.05, 3.63) is 60.2 Å². The summed E-state index contributed by atoms with van der Waals surface area (Å²) in [5.41, 5.74) is 1.84. The SMILES string of the molecule is COC(CC(F)(F)C(F)(F)F)c1cccc(-c2ccccc2)c1. The highest BCUT2D eigenvalue weighted by molar-refractivity contribution is 5.64. The summed E-state index contributed by atoms with van der Waals surface area (Å²) in [5, 5.41) is 0. The van der Waals surface area contributed by atoms with Crippen LogP contribution in [-0.4, -0.2) is 19.2 Å². The maximum Gasteiger partial charge on any atom is 0.453 e. The maximum atomic E-state index is 13.3. The molecular formula is C17H15F5O. The number of halogens is 5. The third kappa shape index (κ3) is 4.07. The van der Waals surface area contributed by atoms with Gasteiger partial charge >= 0.3 is 12.1 Å². The zero-order valence-corrected chi connectivity index (χ0v) is 12.3. The van der Waals surface area contributed by atoms with E-state index in [0.29, 0.717) is 0 Å². The van der Waals surface area contributed by atoms with Gasteiger partial charge in [0.15, 0.2) is 0 Å². The van der Waals surface area contributed by atoms with Gasteiger partial charge < -0.3 is 4.74 Å². The molecule has 2 rings (SSSR count). The van der Waals surface area contributed by atoms with Gasteiger partial charge in [0.25, 0.3) is 0 Å². The van der Waals surface area contributed by atoms with Crippen molar-refractivity contribution in [2.45, 2.75) is 24.6 Å². The Morgan fingerprint density at radius 2 is 1.48 bits per heavy atom. The fraction of sp³-hybridized carbons (Fsp3) is 0.294. The molecule has 2 aromatic rings. The van der Waals surface area contributed by atoms with Crippen molar-refractivity contribution < 1.29 is 26.7 Å². The van der Waals surface area contributed by atoms with Crippen LogP contribution in [0.1, 0.15) is 18.1 Å². The van der Waals surface area contributed by atoms with E-state index in [1.54, 1.807) is 18.2 Å². The highest BCUT2D eigenvalue weighted by Gasteiger charge is 2.58. The lowest BCUT2D eigenvalue weighted by Gasteiger charge is -2.24. The summed E-state index contributed by atoms with van der Waals surface area (Å²) in [5.74, 6) is -4.81. The number of alkyl halides is 5. The van der Waals surface area contributed by atoms with E-state index in [-0.39, 0.29) is 5.56 Å². The predicted octanol–water partition coefficient (Wildman–Crippen LogP) is 5.63. The van der Waals surface area contributed by atoms with Crippen LogP contribution < -0.4 is 0 Å². The van der Waals surface area contributed by atoms with E-state index in [0.717, 1.165) is 18.2 Å². The molecule has 1 atom stereocenters. The van der Waals surface area contributed by atoms with Crippen molar-refractivity contribution in [2.75, 3.05) is 7.11 Å². The fourth-order valence-corrected chi connectivity index (χ4v) is 2.23. The average molecular weight is 330 g/mol. The van der Waals surface area contributed by atoms with E-state index in [4.69, 9.17) is 4.74 Å². The molecule has 0 saturated heterocycles. The Labute approximate surface area is 130 Å². The van der Waals surface area contributed by atoms with E-state index in [1.165, 1.54) is 6.07 Å². The minimum atomic E-state index is -5.60. The standard InChI is InChI=1S/C17H15F5O/c1-23-15(11-16(18,19)17(20,21)22)14-9-5-8-13(10-14)12-6-3-2-4-7-12/h2-10,15H,11H2,1H3. The molecule has 23 heavy (non-hydrogen) atoms. The zero-order chi connectivity index (χ0) is 17.1. The number of hydrogen-bond acceptors (Lipinski definition) is 1. The molecule has 1 nitrogen and oxygen atoms in total. The third-order valence-electron chi connectivity index (χ3n) is 3.51. The molecule has 0 fully saturated rings. The average Bonchev–Trinajstić information content (AvgIpc) is 2.52. The minimum absolute atomic E-state index is 0.276. The first kappa shape index (κ1) is 17.4. The van der Waals surface area contributed by atoms with Crippen LogP contribution in [0.5, 0.6) is 0 Å². The first-order chi connectivity index (χ1) is 10.7. The Hall–Kier alpha value is -1.95. The molecule has 0 bridgehead atoms. The van der Waals surface area contributed by atoms with Gasteiger partial charge in [-0.2, -0.15) is 22.0 Å². The summed E-state index contributed by atoms with van der Waals surface area (Å²) in [6.07, 6.45) is -8.40. The van der Waals surface area contributed by atoms with Crippen molar-refractivity contribution >= 4 is 0 Å². The Morgan fingerprint density at radius 3 is 2.04 bits per heavy atom. The van der Waals surface area contributed by atoms with Crippen molar-refractivity contribution in [3.8, 4) is 11.1 Å². The number of rotatable bonds is 5. The van der Waals surface area contributed by atoms with Crippen LogP contribution in [0, 0.1) is 0 Å². The summed E-state index contributed by atoms with van der Waals surface area (Å²) < 4.78 is 68.6.